The first-order valence-electron chi connectivity index (χ1n) is 6.55. The van der Waals surface area contributed by atoms with Crippen LogP contribution >= 0.6 is 12.6 Å². The summed E-state index contributed by atoms with van der Waals surface area (Å²) in [7, 11) is 0. The van der Waals surface area contributed by atoms with Gasteiger partial charge in [0.15, 0.2) is 0 Å². The minimum Gasteiger partial charge on any atom is -0.339 e. The molecule has 2 amide bonds. The standard InChI is InChI=1S/C14H17FN2O2S/c15-12-3-1-2-11(10-12)14(19)17-7-5-16(6-8-17)13(18)4-9-20/h1-3,10,20H,4-9H2. The van der Waals surface area contributed by atoms with Crippen LogP contribution in [0.25, 0.3) is 0 Å². The summed E-state index contributed by atoms with van der Waals surface area (Å²) in [6, 6.07) is 5.67. The van der Waals surface area contributed by atoms with Gasteiger partial charge in [-0.25, -0.2) is 4.39 Å². The zero-order valence-corrected chi connectivity index (χ0v) is 12.0. The minimum atomic E-state index is -0.418. The highest BCUT2D eigenvalue weighted by Gasteiger charge is 2.24. The number of hydrogen-bond donors (Lipinski definition) is 1. The minimum absolute atomic E-state index is 0.0675. The number of nitrogens with zero attached hydrogens (tertiary/aromatic N) is 2. The molecule has 2 rings (SSSR count). The van der Waals surface area contributed by atoms with Crippen LogP contribution in [0.2, 0.25) is 0 Å². The lowest BCUT2D eigenvalue weighted by molar-refractivity contribution is -0.132. The van der Waals surface area contributed by atoms with Crippen molar-refractivity contribution in [2.75, 3.05) is 31.9 Å². The molecule has 0 unspecified atom stereocenters. The molecule has 1 saturated heterocycles. The monoisotopic (exact) mass is 296 g/mol. The van der Waals surface area contributed by atoms with Crippen LogP contribution in [0.4, 0.5) is 4.39 Å². The van der Waals surface area contributed by atoms with Crippen molar-refractivity contribution in [2.24, 2.45) is 0 Å². The summed E-state index contributed by atoms with van der Waals surface area (Å²) in [4.78, 5) is 27.3. The highest BCUT2D eigenvalue weighted by atomic mass is 32.1. The lowest BCUT2D eigenvalue weighted by Gasteiger charge is -2.34. The number of halogens is 1. The molecule has 4 nitrogen and oxygen atoms in total. The molecule has 1 aliphatic heterocycles. The SMILES string of the molecule is O=C(CCS)N1CCN(C(=O)c2cccc(F)c2)CC1. The molecule has 6 heteroatoms. The maximum atomic E-state index is 13.1. The summed E-state index contributed by atoms with van der Waals surface area (Å²) in [6.07, 6.45) is 0.418. The molecule has 20 heavy (non-hydrogen) atoms. The summed E-state index contributed by atoms with van der Waals surface area (Å²) < 4.78 is 13.1. The molecule has 0 aliphatic carbocycles. The molecule has 0 atom stereocenters. The van der Waals surface area contributed by atoms with E-state index in [0.29, 0.717) is 43.9 Å². The predicted octanol–water partition coefficient (Wildman–Crippen LogP) is 1.43. The van der Waals surface area contributed by atoms with Gasteiger partial charge < -0.3 is 9.80 Å². The van der Waals surface area contributed by atoms with Crippen LogP contribution in [0.5, 0.6) is 0 Å². The number of thiol groups is 1. The van der Waals surface area contributed by atoms with E-state index in [9.17, 15) is 14.0 Å². The molecule has 1 aliphatic rings. The van der Waals surface area contributed by atoms with Crippen LogP contribution in [0, 0.1) is 5.82 Å². The third-order valence-electron chi connectivity index (χ3n) is 3.32. The lowest BCUT2D eigenvalue weighted by Crippen LogP contribution is -2.50. The Balaban J connectivity index is 1.93. The van der Waals surface area contributed by atoms with Crippen molar-refractivity contribution in [1.29, 1.82) is 0 Å². The van der Waals surface area contributed by atoms with Crippen LogP contribution in [-0.2, 0) is 4.79 Å². The molecule has 0 aromatic heterocycles. The highest BCUT2D eigenvalue weighted by Crippen LogP contribution is 2.11. The molecule has 1 aromatic carbocycles. The second-order valence-corrected chi connectivity index (χ2v) is 5.10. The molecular formula is C14H17FN2O2S. The van der Waals surface area contributed by atoms with Gasteiger partial charge in [0, 0.05) is 38.2 Å². The Kier molecular flexibility index (Phi) is 5.00. The molecule has 1 aromatic rings. The second-order valence-electron chi connectivity index (χ2n) is 4.66. The van der Waals surface area contributed by atoms with Crippen molar-refractivity contribution in [3.8, 4) is 0 Å². The van der Waals surface area contributed by atoms with Gasteiger partial charge in [-0.15, -0.1) is 0 Å². The lowest BCUT2D eigenvalue weighted by atomic mass is 10.1. The van der Waals surface area contributed by atoms with Crippen molar-refractivity contribution in [2.45, 2.75) is 6.42 Å². The maximum absolute atomic E-state index is 13.1. The fourth-order valence-electron chi connectivity index (χ4n) is 2.22. The third-order valence-corrected chi connectivity index (χ3v) is 3.54. The van der Waals surface area contributed by atoms with Crippen molar-refractivity contribution in [1.82, 2.24) is 9.80 Å². The summed E-state index contributed by atoms with van der Waals surface area (Å²) in [5.74, 6) is -0.0107. The van der Waals surface area contributed by atoms with Gasteiger partial charge in [0.1, 0.15) is 5.82 Å². The summed E-state index contributed by atoms with van der Waals surface area (Å²) in [5, 5.41) is 0. The number of carbonyl (C=O) groups excluding carboxylic acids is 2. The van der Waals surface area contributed by atoms with E-state index < -0.39 is 5.82 Å². The van der Waals surface area contributed by atoms with Gasteiger partial charge in [0.25, 0.3) is 5.91 Å². The Morgan fingerprint density at radius 3 is 2.40 bits per heavy atom. The molecule has 1 fully saturated rings. The van der Waals surface area contributed by atoms with Gasteiger partial charge in [0.05, 0.1) is 0 Å². The van der Waals surface area contributed by atoms with Crippen molar-refractivity contribution < 1.29 is 14.0 Å². The number of rotatable bonds is 3. The largest absolute Gasteiger partial charge is 0.339 e. The van der Waals surface area contributed by atoms with E-state index >= 15 is 0 Å². The zero-order chi connectivity index (χ0) is 14.5. The van der Waals surface area contributed by atoms with E-state index in [4.69, 9.17) is 0 Å². The zero-order valence-electron chi connectivity index (χ0n) is 11.1. The number of piperazine rings is 1. The van der Waals surface area contributed by atoms with Crippen molar-refractivity contribution in [3.63, 3.8) is 0 Å². The number of amides is 2. The summed E-state index contributed by atoms with van der Waals surface area (Å²) in [6.45, 7) is 2.00. The second kappa shape index (κ2) is 6.74. The van der Waals surface area contributed by atoms with Crippen LogP contribution in [0.3, 0.4) is 0 Å². The Labute approximate surface area is 123 Å². The molecule has 0 saturated carbocycles. The first kappa shape index (κ1) is 14.8. The van der Waals surface area contributed by atoms with Crippen molar-refractivity contribution in [3.05, 3.63) is 35.6 Å². The van der Waals surface area contributed by atoms with E-state index in [1.807, 2.05) is 0 Å². The molecule has 0 spiro atoms. The number of hydrogen-bond acceptors (Lipinski definition) is 3. The molecule has 0 radical (unpaired) electrons. The topological polar surface area (TPSA) is 40.6 Å². The Morgan fingerprint density at radius 2 is 1.80 bits per heavy atom. The molecule has 0 bridgehead atoms. The fraction of sp³-hybridized carbons (Fsp3) is 0.429. The molecular weight excluding hydrogens is 279 g/mol. The van der Waals surface area contributed by atoms with E-state index in [-0.39, 0.29) is 11.8 Å². The molecule has 108 valence electrons. The predicted molar refractivity (Wildman–Crippen MR) is 77.4 cm³/mol. The number of benzene rings is 1. The van der Waals surface area contributed by atoms with Crippen LogP contribution in [-0.4, -0.2) is 53.5 Å². The van der Waals surface area contributed by atoms with Crippen molar-refractivity contribution >= 4 is 24.4 Å². The fourth-order valence-corrected chi connectivity index (χ4v) is 2.41. The average Bonchev–Trinajstić information content (AvgIpc) is 2.47. The van der Waals surface area contributed by atoms with Gasteiger partial charge in [0.2, 0.25) is 5.91 Å². The van der Waals surface area contributed by atoms with Gasteiger partial charge in [-0.1, -0.05) is 6.07 Å². The van der Waals surface area contributed by atoms with Gasteiger partial charge in [-0.05, 0) is 24.0 Å². The average molecular weight is 296 g/mol. The van der Waals surface area contributed by atoms with Gasteiger partial charge >= 0.3 is 0 Å². The Hall–Kier alpha value is -1.56. The van der Waals surface area contributed by atoms with Gasteiger partial charge in [-0.2, -0.15) is 12.6 Å². The first-order chi connectivity index (χ1) is 9.61. The third kappa shape index (κ3) is 3.50. The van der Waals surface area contributed by atoms with Crippen LogP contribution in [0.15, 0.2) is 24.3 Å². The summed E-state index contributed by atoms with van der Waals surface area (Å²) in [5.41, 5.74) is 0.347. The van der Waals surface area contributed by atoms with Crippen LogP contribution < -0.4 is 0 Å². The quantitative estimate of drug-likeness (QED) is 0.857. The van der Waals surface area contributed by atoms with Crippen LogP contribution in [0.1, 0.15) is 16.8 Å². The number of carbonyl (C=O) groups is 2. The maximum Gasteiger partial charge on any atom is 0.254 e. The summed E-state index contributed by atoms with van der Waals surface area (Å²) >= 11 is 4.04. The Bertz CT molecular complexity index is 502. The van der Waals surface area contributed by atoms with E-state index in [1.54, 1.807) is 15.9 Å². The van der Waals surface area contributed by atoms with E-state index in [1.165, 1.54) is 18.2 Å². The normalized spacial score (nSPS) is 15.3. The van der Waals surface area contributed by atoms with Gasteiger partial charge in [-0.3, -0.25) is 9.59 Å². The molecule has 0 N–H and O–H groups in total. The smallest absolute Gasteiger partial charge is 0.254 e. The van der Waals surface area contributed by atoms with E-state index in [0.717, 1.165) is 0 Å². The Morgan fingerprint density at radius 1 is 1.15 bits per heavy atom. The highest BCUT2D eigenvalue weighted by molar-refractivity contribution is 7.80. The molecule has 1 heterocycles. The van der Waals surface area contributed by atoms with E-state index in [2.05, 4.69) is 12.6 Å². The first-order valence-corrected chi connectivity index (χ1v) is 7.18.